The monoisotopic (exact) mass is 1620 g/mol. The first-order chi connectivity index (χ1) is 54.0. The maximum atomic E-state index is 14.8. The Hall–Kier alpha value is -8.62. The molecule has 32 nitrogen and oxygen atoms in total. The molecule has 1 saturated heterocycles. The lowest BCUT2D eigenvalue weighted by Gasteiger charge is -2.39. The Morgan fingerprint density at radius 3 is 1.63 bits per heavy atom. The van der Waals surface area contributed by atoms with Crippen LogP contribution < -0.4 is 52.0 Å². The lowest BCUT2D eigenvalue weighted by Crippen LogP contribution is -2.60. The molecule has 5 aromatic carbocycles. The van der Waals surface area contributed by atoms with Gasteiger partial charge in [0.2, 0.25) is 24.0 Å². The summed E-state index contributed by atoms with van der Waals surface area (Å²) in [4.78, 5) is 115. The summed E-state index contributed by atoms with van der Waals surface area (Å²) in [5.41, 5.74) is 14.0. The highest BCUT2D eigenvalue weighted by molar-refractivity contribution is 7.16. The zero-order valence-electron chi connectivity index (χ0n) is 62.9. The second-order valence-corrected chi connectivity index (χ2v) is 28.9. The maximum Gasteiger partial charge on any atom is 0.415 e. The smallest absolute Gasteiger partial charge is 0.415 e. The van der Waals surface area contributed by atoms with Crippen molar-refractivity contribution in [2.24, 2.45) is 17.4 Å². The van der Waals surface area contributed by atoms with Gasteiger partial charge in [0, 0.05) is 112 Å². The summed E-state index contributed by atoms with van der Waals surface area (Å²) in [6.45, 7) is 8.05. The van der Waals surface area contributed by atoms with Crippen molar-refractivity contribution in [3.8, 4) is 11.5 Å². The number of anilines is 3. The summed E-state index contributed by atoms with van der Waals surface area (Å²) >= 11 is 14.3. The zero-order valence-corrected chi connectivity index (χ0v) is 65.3. The second kappa shape index (κ2) is 43.6. The molecule has 0 bridgehead atoms. The number of amides is 9. The topological polar surface area (TPSA) is 423 Å². The van der Waals surface area contributed by atoms with E-state index < -0.39 is 97.1 Å². The third kappa shape index (κ3) is 23.5. The number of nitrogens with zero attached hydrogens (tertiary/aromatic N) is 4. The van der Waals surface area contributed by atoms with Gasteiger partial charge in [-0.05, 0) is 70.5 Å². The third-order valence-electron chi connectivity index (χ3n) is 18.9. The molecule has 9 atom stereocenters. The van der Waals surface area contributed by atoms with Crippen LogP contribution in [-0.4, -0.2) is 272 Å². The van der Waals surface area contributed by atoms with E-state index >= 15 is 0 Å². The van der Waals surface area contributed by atoms with E-state index in [9.17, 15) is 58.8 Å². The molecule has 9 amide bonds. The molecule has 4 heterocycles. The van der Waals surface area contributed by atoms with Crippen molar-refractivity contribution in [3.63, 3.8) is 0 Å². The lowest BCUT2D eigenvalue weighted by atomic mass is 9.95. The number of nitrogens with one attached hydrogen (secondary N) is 4. The number of aliphatic hydroxyl groups is 4. The van der Waals surface area contributed by atoms with E-state index in [-0.39, 0.29) is 129 Å². The number of benzene rings is 5. The van der Waals surface area contributed by atoms with Crippen LogP contribution in [0.3, 0.4) is 0 Å². The summed E-state index contributed by atoms with van der Waals surface area (Å²) in [5, 5.41) is 55.2. The fourth-order valence-electron chi connectivity index (χ4n) is 12.9. The normalized spacial score (nSPS) is 18.4. The van der Waals surface area contributed by atoms with Crippen molar-refractivity contribution < 1.29 is 106 Å². The lowest BCUT2D eigenvalue weighted by molar-refractivity contribution is -0.277. The molecular weight excluding hydrogens is 1520 g/mol. The minimum atomic E-state index is -1.70. The van der Waals surface area contributed by atoms with Crippen LogP contribution in [0.4, 0.5) is 31.4 Å². The molecule has 1 aromatic heterocycles. The molecule has 6 aromatic rings. The number of thiophene rings is 1. The van der Waals surface area contributed by atoms with E-state index in [1.54, 1.807) is 96.4 Å². The van der Waals surface area contributed by atoms with Crippen LogP contribution in [0.2, 0.25) is 0 Å². The highest BCUT2D eigenvalue weighted by Crippen LogP contribution is 2.49. The number of carbonyl (C=O) groups excluding carboxylic acids is 8. The number of halogens is 2. The van der Waals surface area contributed by atoms with E-state index in [1.165, 1.54) is 23.9 Å². The van der Waals surface area contributed by atoms with E-state index in [4.69, 9.17) is 82.0 Å². The average molecular weight is 1620 g/mol. The van der Waals surface area contributed by atoms with Gasteiger partial charge < -0.3 is 120 Å². The third-order valence-corrected chi connectivity index (χ3v) is 20.7. The largest absolute Gasteiger partial charge is 0.461 e. The molecule has 0 spiro atoms. The standard InChI is InChI=1S/C77H100Cl2N10O22S/c1-46(2)66(85-63(91)21-26-102-28-30-104-32-34-106-36-37-107-35-33-105-31-29-103-27-22-80)71(96)84-55(14-9-23-82-75(81)99)70(95)83-50-17-15-47(16-18-50)45-108-76(100)86(3)24-25-87(4)77(101)111-59-39-57-65(54-13-8-6-11-52(54)59)49(41-79)43-89(57)73(98)62-20-19-61(112-62)72(97)88-42-48(40-78)64-53-12-7-5-10-51(53)58(38-56(64)88)109-74-69(94)68(93)67(92)60(44-90)110-74/h5-8,10-13,15-20,38-39,46,48-49,55,60,66-69,74,90,92-94H,9,14,21-37,40-45,80H2,1-4H3,(H,83,95)(H,84,96)(H,85,91)(H3,81,82,99)/t48-,49-,55+,60-,66+,67+,68+,69-,74-/m1/s1. The number of fused-ring (bicyclic) bond motifs is 6. The van der Waals surface area contributed by atoms with Gasteiger partial charge in [-0.15, -0.1) is 34.5 Å². The predicted octanol–water partition coefficient (Wildman–Crippen LogP) is 5.36. The van der Waals surface area contributed by atoms with Crippen LogP contribution in [-0.2, 0) is 58.9 Å². The van der Waals surface area contributed by atoms with Crippen LogP contribution in [0.15, 0.2) is 97.1 Å². The number of hydrogen-bond donors (Lipinski definition) is 10. The first-order valence-corrected chi connectivity index (χ1v) is 38.9. The first-order valence-electron chi connectivity index (χ1n) is 37.0. The van der Waals surface area contributed by atoms with Crippen molar-refractivity contribution in [2.75, 3.05) is 166 Å². The van der Waals surface area contributed by atoms with Gasteiger partial charge in [0.05, 0.1) is 107 Å². The van der Waals surface area contributed by atoms with E-state index in [1.807, 2.05) is 24.3 Å². The second-order valence-electron chi connectivity index (χ2n) is 27.2. The van der Waals surface area contributed by atoms with Gasteiger partial charge in [0.1, 0.15) is 54.6 Å². The number of hydrogen-bond acceptors (Lipinski definition) is 24. The van der Waals surface area contributed by atoms with Gasteiger partial charge in [-0.25, -0.2) is 14.4 Å². The van der Waals surface area contributed by atoms with Crippen molar-refractivity contribution in [1.82, 2.24) is 25.8 Å². The Morgan fingerprint density at radius 1 is 0.625 bits per heavy atom. The van der Waals surface area contributed by atoms with E-state index in [0.717, 1.165) is 22.5 Å². The Labute approximate surface area is 662 Å². The molecule has 0 radical (unpaired) electrons. The van der Waals surface area contributed by atoms with Crippen molar-refractivity contribution in [1.29, 1.82) is 0 Å². The van der Waals surface area contributed by atoms with Crippen LogP contribution in [0, 0.1) is 5.92 Å². The number of rotatable bonds is 43. The summed E-state index contributed by atoms with van der Waals surface area (Å²) < 4.78 is 56.3. The van der Waals surface area contributed by atoms with Crippen molar-refractivity contribution >= 4 is 121 Å². The Morgan fingerprint density at radius 2 is 1.12 bits per heavy atom. The number of alkyl halides is 2. The fraction of sp³-hybridized carbons (Fsp3) is 0.506. The first kappa shape index (κ1) is 87.3. The van der Waals surface area contributed by atoms with Gasteiger partial charge in [-0.2, -0.15) is 0 Å². The van der Waals surface area contributed by atoms with Crippen molar-refractivity contribution in [2.45, 2.75) is 94.3 Å². The minimum Gasteiger partial charge on any atom is -0.461 e. The summed E-state index contributed by atoms with van der Waals surface area (Å²) in [6.07, 6.45) is -8.92. The number of urea groups is 1. The van der Waals surface area contributed by atoms with Crippen LogP contribution in [0.25, 0.3) is 21.5 Å². The van der Waals surface area contributed by atoms with Gasteiger partial charge in [0.25, 0.3) is 11.8 Å². The fourth-order valence-corrected chi connectivity index (χ4v) is 14.3. The molecule has 1 fully saturated rings. The molecule has 112 heavy (non-hydrogen) atoms. The molecule has 0 aliphatic carbocycles. The maximum absolute atomic E-state index is 14.8. The molecule has 12 N–H and O–H groups in total. The Balaban J connectivity index is 0.737. The molecule has 0 saturated carbocycles. The number of ether oxygens (including phenoxy) is 10. The number of primary amides is 1. The molecule has 0 unspecified atom stereocenters. The Kier molecular flexibility index (Phi) is 34.0. The number of aliphatic hydroxyl groups excluding tert-OH is 4. The van der Waals surface area contributed by atoms with Crippen molar-refractivity contribution in [3.05, 3.63) is 124 Å². The highest BCUT2D eigenvalue weighted by atomic mass is 35.5. The van der Waals surface area contributed by atoms with Gasteiger partial charge in [-0.1, -0.05) is 74.5 Å². The number of nitrogens with two attached hydrogens (primary N) is 2. The molecule has 3 aliphatic rings. The quantitative estimate of drug-likeness (QED) is 0.0170. The van der Waals surface area contributed by atoms with E-state index in [2.05, 4.69) is 21.3 Å². The molecule has 610 valence electrons. The molecule has 9 rings (SSSR count). The molecule has 3 aliphatic heterocycles. The van der Waals surface area contributed by atoms with Gasteiger partial charge in [0.15, 0.2) is 0 Å². The van der Waals surface area contributed by atoms with Crippen LogP contribution in [0.1, 0.15) is 81.0 Å². The van der Waals surface area contributed by atoms with Crippen LogP contribution >= 0.6 is 34.5 Å². The van der Waals surface area contributed by atoms with Gasteiger partial charge >= 0.3 is 18.2 Å². The summed E-state index contributed by atoms with van der Waals surface area (Å²) in [7, 11) is 3.01. The number of likely N-dealkylation sites (N-methyl/N-ethyl adjacent to an activating group) is 2. The minimum absolute atomic E-state index is 0.00895. The highest BCUT2D eigenvalue weighted by Gasteiger charge is 2.46. The molecular formula is C77H100Cl2N10O22S. The zero-order chi connectivity index (χ0) is 80.4. The van der Waals surface area contributed by atoms with Crippen LogP contribution in [0.5, 0.6) is 11.5 Å². The SMILES string of the molecule is CC(C)[C@H](NC(=O)CCOCCOCCOCCOCCOCCOCCN)C(=O)N[C@@H](CCCNC(N)=O)C(=O)Nc1ccc(COC(=O)N(C)CCN(C)C(=O)Oc2cc3c(c4ccccc24)[C@H](CCl)CN3C(=O)c2ccc(C(=O)N3C[C@@H](CCl)c4c3cc(O[C@@H]3O[C@H](CO)[C@H](O)[C@H](O)[C@H]3O)c3ccccc43)s2)cc1. The number of carbonyl (C=O) groups is 8. The Bertz CT molecular complexity index is 4150. The average Bonchev–Trinajstić information content (AvgIpc) is 1.57. The summed E-state index contributed by atoms with van der Waals surface area (Å²) in [5.74, 6) is -2.91. The summed E-state index contributed by atoms with van der Waals surface area (Å²) in [6, 6.07) is 24.5. The predicted molar refractivity (Wildman–Crippen MR) is 418 cm³/mol. The molecule has 35 heteroatoms. The van der Waals surface area contributed by atoms with Gasteiger partial charge in [-0.3, -0.25) is 24.0 Å². The van der Waals surface area contributed by atoms with E-state index in [0.29, 0.717) is 110 Å².